The summed E-state index contributed by atoms with van der Waals surface area (Å²) in [7, 11) is 0. The van der Waals surface area contributed by atoms with Gasteiger partial charge in [0.15, 0.2) is 5.82 Å². The van der Waals surface area contributed by atoms with Crippen molar-refractivity contribution in [3.05, 3.63) is 22.7 Å². The van der Waals surface area contributed by atoms with Crippen LogP contribution in [0.4, 0.5) is 5.82 Å². The van der Waals surface area contributed by atoms with Crippen LogP contribution in [-0.2, 0) is 6.54 Å². The highest BCUT2D eigenvalue weighted by Crippen LogP contribution is 2.11. The van der Waals surface area contributed by atoms with Gasteiger partial charge in [-0.25, -0.2) is 4.98 Å². The molecule has 1 heterocycles. The van der Waals surface area contributed by atoms with Gasteiger partial charge in [0, 0.05) is 31.5 Å². The number of nitrogens with one attached hydrogen (secondary N) is 1. The van der Waals surface area contributed by atoms with Gasteiger partial charge in [0.1, 0.15) is 0 Å². The Morgan fingerprint density at radius 1 is 1.35 bits per heavy atom. The van der Waals surface area contributed by atoms with E-state index in [1.165, 1.54) is 0 Å². The van der Waals surface area contributed by atoms with Gasteiger partial charge in [0.2, 0.25) is 0 Å². The minimum atomic E-state index is -0.0713. The Balaban J connectivity index is 2.71. The fourth-order valence-corrected chi connectivity index (χ4v) is 2.38. The van der Waals surface area contributed by atoms with Crippen LogP contribution in [0.5, 0.6) is 0 Å². The topological polar surface area (TPSA) is 72.9 Å². The van der Waals surface area contributed by atoms with E-state index in [0.717, 1.165) is 12.8 Å². The predicted molar refractivity (Wildman–Crippen MR) is 83.9 cm³/mol. The SMILES string of the molecule is CCC(CC)C(N)CNc1nccn(CC(C)C)c1=O. The van der Waals surface area contributed by atoms with E-state index >= 15 is 0 Å². The number of hydrogen-bond donors (Lipinski definition) is 2. The molecule has 0 amide bonds. The van der Waals surface area contributed by atoms with Gasteiger partial charge < -0.3 is 15.6 Å². The molecule has 5 nitrogen and oxygen atoms in total. The van der Waals surface area contributed by atoms with Crippen molar-refractivity contribution in [3.8, 4) is 0 Å². The molecule has 0 aromatic carbocycles. The van der Waals surface area contributed by atoms with Crippen molar-refractivity contribution in [3.63, 3.8) is 0 Å². The van der Waals surface area contributed by atoms with Gasteiger partial charge in [-0.2, -0.15) is 0 Å². The van der Waals surface area contributed by atoms with Gasteiger partial charge in [-0.1, -0.05) is 40.5 Å². The first kappa shape index (κ1) is 16.7. The van der Waals surface area contributed by atoms with E-state index in [0.29, 0.717) is 30.7 Å². The summed E-state index contributed by atoms with van der Waals surface area (Å²) in [5.41, 5.74) is 6.09. The molecule has 0 radical (unpaired) electrons. The second kappa shape index (κ2) is 8.04. The lowest BCUT2D eigenvalue weighted by atomic mass is 9.95. The van der Waals surface area contributed by atoms with E-state index in [-0.39, 0.29) is 11.6 Å². The van der Waals surface area contributed by atoms with Crippen LogP contribution in [0, 0.1) is 11.8 Å². The first-order valence-electron chi connectivity index (χ1n) is 7.54. The minimum Gasteiger partial charge on any atom is -0.364 e. The maximum absolute atomic E-state index is 12.2. The van der Waals surface area contributed by atoms with Crippen LogP contribution in [0.3, 0.4) is 0 Å². The highest BCUT2D eigenvalue weighted by Gasteiger charge is 2.14. The van der Waals surface area contributed by atoms with Crippen LogP contribution >= 0.6 is 0 Å². The molecule has 20 heavy (non-hydrogen) atoms. The van der Waals surface area contributed by atoms with E-state index in [1.807, 2.05) is 0 Å². The van der Waals surface area contributed by atoms with Crippen molar-refractivity contribution in [2.75, 3.05) is 11.9 Å². The fraction of sp³-hybridized carbons (Fsp3) is 0.733. The minimum absolute atomic E-state index is 0.0463. The van der Waals surface area contributed by atoms with Gasteiger partial charge in [0.05, 0.1) is 0 Å². The molecule has 0 aliphatic carbocycles. The second-order valence-electron chi connectivity index (χ2n) is 5.75. The van der Waals surface area contributed by atoms with Crippen LogP contribution in [-0.4, -0.2) is 22.1 Å². The molecule has 114 valence electrons. The largest absolute Gasteiger partial charge is 0.364 e. The maximum atomic E-state index is 12.2. The lowest BCUT2D eigenvalue weighted by Gasteiger charge is -2.21. The van der Waals surface area contributed by atoms with Crippen molar-refractivity contribution in [2.45, 2.75) is 53.1 Å². The summed E-state index contributed by atoms with van der Waals surface area (Å²) in [5, 5.41) is 3.11. The Morgan fingerprint density at radius 3 is 2.55 bits per heavy atom. The molecule has 0 saturated heterocycles. The lowest BCUT2D eigenvalue weighted by molar-refractivity contribution is 0.407. The van der Waals surface area contributed by atoms with Crippen LogP contribution in [0.2, 0.25) is 0 Å². The summed E-state index contributed by atoms with van der Waals surface area (Å²) in [4.78, 5) is 16.4. The summed E-state index contributed by atoms with van der Waals surface area (Å²) < 4.78 is 1.70. The quantitative estimate of drug-likeness (QED) is 0.764. The summed E-state index contributed by atoms with van der Waals surface area (Å²) in [6.07, 6.45) is 5.50. The highest BCUT2D eigenvalue weighted by atomic mass is 16.1. The molecular weight excluding hydrogens is 252 g/mol. The Kier molecular flexibility index (Phi) is 6.71. The number of rotatable bonds is 8. The zero-order valence-electron chi connectivity index (χ0n) is 13.1. The van der Waals surface area contributed by atoms with E-state index < -0.39 is 0 Å². The molecule has 0 saturated carbocycles. The Morgan fingerprint density at radius 2 is 2.00 bits per heavy atom. The Labute approximate surface area is 121 Å². The van der Waals surface area contributed by atoms with Gasteiger partial charge >= 0.3 is 0 Å². The number of aromatic nitrogens is 2. The van der Waals surface area contributed by atoms with Gasteiger partial charge in [0.25, 0.3) is 5.56 Å². The molecule has 1 atom stereocenters. The van der Waals surface area contributed by atoms with Crippen molar-refractivity contribution in [2.24, 2.45) is 17.6 Å². The van der Waals surface area contributed by atoms with Crippen LogP contribution in [0.1, 0.15) is 40.5 Å². The van der Waals surface area contributed by atoms with Crippen LogP contribution in [0.25, 0.3) is 0 Å². The molecule has 0 spiro atoms. The number of nitrogens with two attached hydrogens (primary N) is 1. The van der Waals surface area contributed by atoms with Crippen molar-refractivity contribution < 1.29 is 0 Å². The van der Waals surface area contributed by atoms with Crippen molar-refractivity contribution >= 4 is 5.82 Å². The molecule has 0 fully saturated rings. The Hall–Kier alpha value is -1.36. The molecule has 0 aliphatic heterocycles. The van der Waals surface area contributed by atoms with Crippen molar-refractivity contribution in [1.29, 1.82) is 0 Å². The standard InChI is InChI=1S/C15H28N4O/c1-5-12(6-2)13(16)9-18-14-15(20)19(8-7-17-14)10-11(3)4/h7-8,11-13H,5-6,9-10,16H2,1-4H3,(H,17,18). The van der Waals surface area contributed by atoms with E-state index in [1.54, 1.807) is 17.0 Å². The Bertz CT molecular complexity index is 451. The van der Waals surface area contributed by atoms with Crippen molar-refractivity contribution in [1.82, 2.24) is 9.55 Å². The molecule has 3 N–H and O–H groups in total. The molecule has 1 aromatic rings. The van der Waals surface area contributed by atoms with Crippen LogP contribution < -0.4 is 16.6 Å². The molecule has 1 aromatic heterocycles. The first-order chi connectivity index (χ1) is 9.49. The smallest absolute Gasteiger partial charge is 0.293 e. The highest BCUT2D eigenvalue weighted by molar-refractivity contribution is 5.31. The summed E-state index contributed by atoms with van der Waals surface area (Å²) in [6, 6.07) is 0.0463. The summed E-state index contributed by atoms with van der Waals surface area (Å²) in [5.74, 6) is 1.30. The van der Waals surface area contributed by atoms with Crippen LogP contribution in [0.15, 0.2) is 17.2 Å². The normalized spacial score (nSPS) is 12.9. The third-order valence-electron chi connectivity index (χ3n) is 3.63. The number of nitrogens with zero attached hydrogens (tertiary/aromatic N) is 2. The zero-order chi connectivity index (χ0) is 15.1. The summed E-state index contributed by atoms with van der Waals surface area (Å²) in [6.45, 7) is 9.75. The zero-order valence-corrected chi connectivity index (χ0v) is 13.1. The molecule has 0 aliphatic rings. The first-order valence-corrected chi connectivity index (χ1v) is 7.54. The molecular formula is C15H28N4O. The second-order valence-corrected chi connectivity index (χ2v) is 5.75. The lowest BCUT2D eigenvalue weighted by Crippen LogP contribution is -2.38. The fourth-order valence-electron chi connectivity index (χ4n) is 2.38. The summed E-state index contributed by atoms with van der Waals surface area (Å²) >= 11 is 0. The monoisotopic (exact) mass is 280 g/mol. The average Bonchev–Trinajstić information content (AvgIpc) is 2.40. The average molecular weight is 280 g/mol. The third kappa shape index (κ3) is 4.63. The van der Waals surface area contributed by atoms with Gasteiger partial charge in [-0.3, -0.25) is 4.79 Å². The van der Waals surface area contributed by atoms with Gasteiger partial charge in [-0.05, 0) is 11.8 Å². The molecule has 1 rings (SSSR count). The van der Waals surface area contributed by atoms with E-state index in [4.69, 9.17) is 5.73 Å². The maximum Gasteiger partial charge on any atom is 0.293 e. The van der Waals surface area contributed by atoms with E-state index in [9.17, 15) is 4.79 Å². The number of hydrogen-bond acceptors (Lipinski definition) is 4. The predicted octanol–water partition coefficient (Wildman–Crippen LogP) is 2.07. The van der Waals surface area contributed by atoms with E-state index in [2.05, 4.69) is 38.0 Å². The molecule has 5 heteroatoms. The third-order valence-corrected chi connectivity index (χ3v) is 3.63. The molecule has 1 unspecified atom stereocenters. The number of anilines is 1. The molecule has 0 bridgehead atoms. The van der Waals surface area contributed by atoms with Gasteiger partial charge in [-0.15, -0.1) is 0 Å².